The highest BCUT2D eigenvalue weighted by molar-refractivity contribution is 7.91. The van der Waals surface area contributed by atoms with Crippen molar-refractivity contribution in [2.75, 3.05) is 26.2 Å². The molecule has 3 heterocycles. The molecule has 0 atom stereocenters. The van der Waals surface area contributed by atoms with Crippen LogP contribution in [0.1, 0.15) is 17.4 Å². The second-order valence-electron chi connectivity index (χ2n) is 6.77. The molecule has 0 radical (unpaired) electrons. The molecule has 30 heavy (non-hydrogen) atoms. The topological polar surface area (TPSA) is 92.6 Å². The van der Waals surface area contributed by atoms with Crippen LogP contribution in [0.25, 0.3) is 10.8 Å². The Morgan fingerprint density at radius 3 is 2.37 bits per heavy atom. The highest BCUT2D eigenvalue weighted by Crippen LogP contribution is 2.28. The fraction of sp³-hybridized carbons (Fsp3) is 0.316. The van der Waals surface area contributed by atoms with Crippen molar-refractivity contribution in [3.63, 3.8) is 0 Å². The predicted octanol–water partition coefficient (Wildman–Crippen LogP) is 2.28. The molecule has 0 unspecified atom stereocenters. The molecule has 8 nitrogen and oxygen atoms in total. The molecule has 0 bridgehead atoms. The summed E-state index contributed by atoms with van der Waals surface area (Å²) >= 11 is 6.88. The van der Waals surface area contributed by atoms with Gasteiger partial charge in [-0.2, -0.15) is 9.40 Å². The smallest absolute Gasteiger partial charge is 0.275 e. The van der Waals surface area contributed by atoms with Crippen molar-refractivity contribution in [3.05, 3.63) is 56.8 Å². The number of nitrogens with zero attached hydrogens (tertiary/aromatic N) is 4. The van der Waals surface area contributed by atoms with Gasteiger partial charge in [0.15, 0.2) is 5.69 Å². The number of hydrogen-bond acceptors (Lipinski definition) is 6. The number of aromatic nitrogens is 2. The summed E-state index contributed by atoms with van der Waals surface area (Å²) in [6.07, 6.45) is 0. The predicted molar refractivity (Wildman–Crippen MR) is 116 cm³/mol. The highest BCUT2D eigenvalue weighted by Gasteiger charge is 2.32. The van der Waals surface area contributed by atoms with Crippen LogP contribution in [-0.2, 0) is 16.6 Å². The summed E-state index contributed by atoms with van der Waals surface area (Å²) in [6.45, 7) is 2.96. The van der Waals surface area contributed by atoms with E-state index in [0.29, 0.717) is 21.7 Å². The van der Waals surface area contributed by atoms with Gasteiger partial charge in [-0.3, -0.25) is 9.59 Å². The van der Waals surface area contributed by atoms with Crippen LogP contribution in [0.15, 0.2) is 45.4 Å². The van der Waals surface area contributed by atoms with Gasteiger partial charge in [0.2, 0.25) is 0 Å². The summed E-state index contributed by atoms with van der Waals surface area (Å²) in [4.78, 5) is 27.3. The lowest BCUT2D eigenvalue weighted by Crippen LogP contribution is -2.50. The largest absolute Gasteiger partial charge is 0.335 e. The summed E-state index contributed by atoms with van der Waals surface area (Å²) in [5.74, 6) is -0.315. The molecule has 11 heteroatoms. The first kappa shape index (κ1) is 21.0. The number of aryl methyl sites for hydroxylation is 1. The quantitative estimate of drug-likeness (QED) is 0.588. The van der Waals surface area contributed by atoms with Crippen molar-refractivity contribution in [1.29, 1.82) is 0 Å². The van der Waals surface area contributed by atoms with Crippen molar-refractivity contribution >= 4 is 49.6 Å². The summed E-state index contributed by atoms with van der Waals surface area (Å²) in [6, 6.07) is 9.94. The van der Waals surface area contributed by atoms with E-state index in [1.54, 1.807) is 42.2 Å². The number of carbonyl (C=O) groups excluding carboxylic acids is 1. The average Bonchev–Trinajstić information content (AvgIpc) is 3.21. The molecule has 1 aliphatic rings. The van der Waals surface area contributed by atoms with Gasteiger partial charge in [-0.15, -0.1) is 11.3 Å². The van der Waals surface area contributed by atoms with Crippen LogP contribution in [0.3, 0.4) is 0 Å². The molecule has 1 fully saturated rings. The van der Waals surface area contributed by atoms with Gasteiger partial charge in [0.1, 0.15) is 4.21 Å². The number of piperazine rings is 1. The second-order valence-corrected chi connectivity index (χ2v) is 10.6. The lowest BCUT2D eigenvalue weighted by molar-refractivity contribution is 0.0691. The van der Waals surface area contributed by atoms with Gasteiger partial charge < -0.3 is 4.90 Å². The lowest BCUT2D eigenvalue weighted by atomic mass is 10.1. The Morgan fingerprint density at radius 1 is 1.10 bits per heavy atom. The molecule has 158 valence electrons. The van der Waals surface area contributed by atoms with E-state index in [1.165, 1.54) is 15.1 Å². The maximum Gasteiger partial charge on any atom is 0.275 e. The van der Waals surface area contributed by atoms with Gasteiger partial charge in [-0.1, -0.05) is 29.8 Å². The minimum atomic E-state index is -3.64. The number of carbonyl (C=O) groups is 1. The van der Waals surface area contributed by atoms with E-state index in [4.69, 9.17) is 11.6 Å². The van der Waals surface area contributed by atoms with Crippen LogP contribution in [0, 0.1) is 0 Å². The standard InChI is InChI=1S/C19H19ClN4O4S2/c1-2-24-18(25)14-6-4-3-5-13(14)17(21-24)19(26)22-9-11-23(12-10-22)30(27,28)16-8-7-15(20)29-16/h3-8H,2,9-12H2,1H3. The first-order chi connectivity index (χ1) is 14.3. The normalized spacial score (nSPS) is 15.6. The van der Waals surface area contributed by atoms with Gasteiger partial charge in [0.25, 0.3) is 21.5 Å². The van der Waals surface area contributed by atoms with Crippen LogP contribution < -0.4 is 5.56 Å². The van der Waals surface area contributed by atoms with Crippen LogP contribution >= 0.6 is 22.9 Å². The van der Waals surface area contributed by atoms with Crippen molar-refractivity contribution in [2.45, 2.75) is 17.7 Å². The summed E-state index contributed by atoms with van der Waals surface area (Å²) in [5, 5.41) is 5.22. The number of benzene rings is 1. The number of halogens is 1. The van der Waals surface area contributed by atoms with E-state index in [0.717, 1.165) is 11.3 Å². The lowest BCUT2D eigenvalue weighted by Gasteiger charge is -2.33. The number of sulfonamides is 1. The van der Waals surface area contributed by atoms with E-state index in [-0.39, 0.29) is 47.5 Å². The van der Waals surface area contributed by atoms with Crippen LogP contribution in [0.4, 0.5) is 0 Å². The minimum absolute atomic E-state index is 0.176. The number of thiophene rings is 1. The van der Waals surface area contributed by atoms with E-state index < -0.39 is 10.0 Å². The number of rotatable bonds is 4. The molecular weight excluding hydrogens is 448 g/mol. The third kappa shape index (κ3) is 3.64. The Hall–Kier alpha value is -2.27. The van der Waals surface area contributed by atoms with E-state index >= 15 is 0 Å². The van der Waals surface area contributed by atoms with Gasteiger partial charge in [-0.05, 0) is 25.1 Å². The van der Waals surface area contributed by atoms with Gasteiger partial charge >= 0.3 is 0 Å². The zero-order valence-electron chi connectivity index (χ0n) is 16.1. The minimum Gasteiger partial charge on any atom is -0.335 e. The Balaban J connectivity index is 1.58. The molecule has 2 aromatic heterocycles. The number of amides is 1. The third-order valence-electron chi connectivity index (χ3n) is 5.04. The number of hydrogen-bond donors (Lipinski definition) is 0. The Morgan fingerprint density at radius 2 is 1.77 bits per heavy atom. The third-order valence-corrected chi connectivity index (χ3v) is 8.64. The van der Waals surface area contributed by atoms with E-state index in [1.807, 2.05) is 0 Å². The second kappa shape index (κ2) is 8.10. The summed E-state index contributed by atoms with van der Waals surface area (Å²) < 4.78 is 28.8. The molecule has 1 aromatic carbocycles. The van der Waals surface area contributed by atoms with Crippen molar-refractivity contribution in [2.24, 2.45) is 0 Å². The zero-order valence-corrected chi connectivity index (χ0v) is 18.5. The molecule has 0 saturated carbocycles. The fourth-order valence-corrected chi connectivity index (χ4v) is 6.51. The summed E-state index contributed by atoms with van der Waals surface area (Å²) in [7, 11) is -3.64. The molecular formula is C19H19ClN4O4S2. The van der Waals surface area contributed by atoms with Gasteiger partial charge in [0.05, 0.1) is 9.72 Å². The van der Waals surface area contributed by atoms with Crippen molar-refractivity contribution in [3.8, 4) is 0 Å². The maximum atomic E-state index is 13.2. The van der Waals surface area contributed by atoms with Crippen LogP contribution in [-0.4, -0.2) is 59.5 Å². The molecule has 0 aliphatic carbocycles. The average molecular weight is 467 g/mol. The summed E-state index contributed by atoms with van der Waals surface area (Å²) in [5.41, 5.74) is -0.0384. The van der Waals surface area contributed by atoms with Crippen molar-refractivity contribution in [1.82, 2.24) is 19.0 Å². The maximum absolute atomic E-state index is 13.2. The van der Waals surface area contributed by atoms with Crippen molar-refractivity contribution < 1.29 is 13.2 Å². The first-order valence-electron chi connectivity index (χ1n) is 9.37. The molecule has 4 rings (SSSR count). The molecule has 3 aromatic rings. The molecule has 1 amide bonds. The SMILES string of the molecule is CCn1nc(C(=O)N2CCN(S(=O)(=O)c3ccc(Cl)s3)CC2)c2ccccc2c1=O. The Labute approximate surface area is 182 Å². The van der Waals surface area contributed by atoms with Gasteiger partial charge in [-0.25, -0.2) is 13.1 Å². The molecule has 0 N–H and O–H groups in total. The Kier molecular flexibility index (Phi) is 5.67. The Bertz CT molecular complexity index is 1280. The van der Waals surface area contributed by atoms with E-state index in [2.05, 4.69) is 5.10 Å². The monoisotopic (exact) mass is 466 g/mol. The van der Waals surface area contributed by atoms with Crippen LogP contribution in [0.2, 0.25) is 4.34 Å². The fourth-order valence-electron chi connectivity index (χ4n) is 3.45. The zero-order chi connectivity index (χ0) is 21.5. The highest BCUT2D eigenvalue weighted by atomic mass is 35.5. The van der Waals surface area contributed by atoms with E-state index in [9.17, 15) is 18.0 Å². The van der Waals surface area contributed by atoms with Gasteiger partial charge in [0, 0.05) is 38.1 Å². The molecule has 1 aliphatic heterocycles. The van der Waals surface area contributed by atoms with Crippen LogP contribution in [0.5, 0.6) is 0 Å². The number of fused-ring (bicyclic) bond motifs is 1. The first-order valence-corrected chi connectivity index (χ1v) is 12.0. The molecule has 1 saturated heterocycles. The molecule has 0 spiro atoms.